The van der Waals surface area contributed by atoms with Gasteiger partial charge >= 0.3 is 0 Å². The molecule has 1 amide bonds. The van der Waals surface area contributed by atoms with Crippen molar-refractivity contribution in [2.75, 3.05) is 7.05 Å². The van der Waals surface area contributed by atoms with E-state index < -0.39 is 0 Å². The van der Waals surface area contributed by atoms with Crippen LogP contribution in [0.15, 0.2) is 53.2 Å². The summed E-state index contributed by atoms with van der Waals surface area (Å²) < 4.78 is 10.8. The molecule has 0 fully saturated rings. The first-order chi connectivity index (χ1) is 12.0. The zero-order valence-corrected chi connectivity index (χ0v) is 14.4. The van der Waals surface area contributed by atoms with Crippen LogP contribution >= 0.6 is 0 Å². The Hall–Kier alpha value is -3.15. The Morgan fingerprint density at radius 3 is 2.52 bits per heavy atom. The largest absolute Gasteiger partial charge is 0.439 e. The lowest BCUT2D eigenvalue weighted by molar-refractivity contribution is 0.0784. The van der Waals surface area contributed by atoms with Crippen LogP contribution in [-0.4, -0.2) is 28.0 Å². The van der Waals surface area contributed by atoms with E-state index in [1.54, 1.807) is 24.1 Å². The number of aryl methyl sites for hydroxylation is 2. The normalized spacial score (nSPS) is 10.5. The molecular weight excluding hydrogens is 318 g/mol. The van der Waals surface area contributed by atoms with Gasteiger partial charge in [-0.2, -0.15) is 0 Å². The smallest absolute Gasteiger partial charge is 0.255 e. The molecule has 128 valence electrons. The van der Waals surface area contributed by atoms with Crippen molar-refractivity contribution < 1.29 is 14.1 Å². The minimum Gasteiger partial charge on any atom is -0.439 e. The Balaban J connectivity index is 1.68. The Morgan fingerprint density at radius 2 is 1.92 bits per heavy atom. The maximum absolute atomic E-state index is 12.6. The molecule has 25 heavy (non-hydrogen) atoms. The van der Waals surface area contributed by atoms with E-state index in [2.05, 4.69) is 10.1 Å². The standard InChI is InChI=1S/C19H19N3O3/c1-13-17(14(2)25-21-13)12-22(3)19(23)15-9-10-18(20-11-15)24-16-7-5-4-6-8-16/h4-11H,12H2,1-3H3. The van der Waals surface area contributed by atoms with Gasteiger partial charge in [0.2, 0.25) is 5.88 Å². The molecule has 0 bridgehead atoms. The second-order valence-electron chi connectivity index (χ2n) is 5.76. The van der Waals surface area contributed by atoms with E-state index >= 15 is 0 Å². The van der Waals surface area contributed by atoms with Gasteiger partial charge in [0.25, 0.3) is 5.91 Å². The number of para-hydroxylation sites is 1. The monoisotopic (exact) mass is 337 g/mol. The van der Waals surface area contributed by atoms with Gasteiger partial charge in [0.1, 0.15) is 11.5 Å². The molecule has 3 rings (SSSR count). The van der Waals surface area contributed by atoms with Crippen LogP contribution < -0.4 is 4.74 Å². The highest BCUT2D eigenvalue weighted by Crippen LogP contribution is 2.20. The summed E-state index contributed by atoms with van der Waals surface area (Å²) >= 11 is 0. The number of hydrogen-bond donors (Lipinski definition) is 0. The van der Waals surface area contributed by atoms with Crippen LogP contribution in [0.1, 0.15) is 27.4 Å². The van der Waals surface area contributed by atoms with Crippen LogP contribution in [0.3, 0.4) is 0 Å². The lowest BCUT2D eigenvalue weighted by Gasteiger charge is -2.17. The predicted octanol–water partition coefficient (Wildman–Crippen LogP) is 3.75. The molecule has 6 nitrogen and oxygen atoms in total. The Labute approximate surface area is 146 Å². The Morgan fingerprint density at radius 1 is 1.16 bits per heavy atom. The minimum absolute atomic E-state index is 0.126. The van der Waals surface area contributed by atoms with Gasteiger partial charge in [-0.3, -0.25) is 4.79 Å². The molecular formula is C19H19N3O3. The Kier molecular flexibility index (Phi) is 4.79. The van der Waals surface area contributed by atoms with Crippen LogP contribution in [0.4, 0.5) is 0 Å². The van der Waals surface area contributed by atoms with Crippen LogP contribution in [0, 0.1) is 13.8 Å². The third-order valence-corrected chi connectivity index (χ3v) is 3.87. The van der Waals surface area contributed by atoms with Crippen LogP contribution in [0.2, 0.25) is 0 Å². The summed E-state index contributed by atoms with van der Waals surface area (Å²) in [5.74, 6) is 1.74. The van der Waals surface area contributed by atoms with E-state index in [1.807, 2.05) is 44.2 Å². The first-order valence-corrected chi connectivity index (χ1v) is 7.91. The van der Waals surface area contributed by atoms with E-state index in [9.17, 15) is 4.79 Å². The fraction of sp³-hybridized carbons (Fsp3) is 0.211. The van der Waals surface area contributed by atoms with Crippen molar-refractivity contribution in [3.63, 3.8) is 0 Å². The third-order valence-electron chi connectivity index (χ3n) is 3.87. The fourth-order valence-corrected chi connectivity index (χ4v) is 2.43. The Bertz CT molecular complexity index is 838. The number of aromatic nitrogens is 2. The molecule has 3 aromatic rings. The maximum atomic E-state index is 12.6. The third kappa shape index (κ3) is 3.85. The topological polar surface area (TPSA) is 68.5 Å². The number of amides is 1. The highest BCUT2D eigenvalue weighted by molar-refractivity contribution is 5.93. The van der Waals surface area contributed by atoms with Gasteiger partial charge < -0.3 is 14.2 Å². The van der Waals surface area contributed by atoms with Crippen molar-refractivity contribution in [3.8, 4) is 11.6 Å². The molecule has 0 radical (unpaired) electrons. The van der Waals surface area contributed by atoms with Crippen LogP contribution in [0.5, 0.6) is 11.6 Å². The second-order valence-corrected chi connectivity index (χ2v) is 5.76. The van der Waals surface area contributed by atoms with Gasteiger partial charge in [-0.25, -0.2) is 4.98 Å². The SMILES string of the molecule is Cc1noc(C)c1CN(C)C(=O)c1ccc(Oc2ccccc2)nc1. The lowest BCUT2D eigenvalue weighted by Crippen LogP contribution is -2.26. The highest BCUT2D eigenvalue weighted by atomic mass is 16.5. The first-order valence-electron chi connectivity index (χ1n) is 7.91. The van der Waals surface area contributed by atoms with Crippen molar-refractivity contribution in [3.05, 3.63) is 71.2 Å². The molecule has 2 aromatic heterocycles. The van der Waals surface area contributed by atoms with E-state index in [-0.39, 0.29) is 5.91 Å². The van der Waals surface area contributed by atoms with Crippen molar-refractivity contribution >= 4 is 5.91 Å². The summed E-state index contributed by atoms with van der Waals surface area (Å²) in [5.41, 5.74) is 2.21. The zero-order chi connectivity index (χ0) is 17.8. The van der Waals surface area contributed by atoms with Crippen molar-refractivity contribution in [2.24, 2.45) is 0 Å². The van der Waals surface area contributed by atoms with E-state index in [4.69, 9.17) is 9.26 Å². The quantitative estimate of drug-likeness (QED) is 0.709. The average Bonchev–Trinajstić information content (AvgIpc) is 2.94. The second kappa shape index (κ2) is 7.17. The van der Waals surface area contributed by atoms with Gasteiger partial charge in [-0.1, -0.05) is 23.4 Å². The first kappa shape index (κ1) is 16.7. The summed E-state index contributed by atoms with van der Waals surface area (Å²) in [4.78, 5) is 18.4. The van der Waals surface area contributed by atoms with Crippen LogP contribution in [0.25, 0.3) is 0 Å². The van der Waals surface area contributed by atoms with Gasteiger partial charge in [0.05, 0.1) is 17.8 Å². The summed E-state index contributed by atoms with van der Waals surface area (Å²) in [6, 6.07) is 12.8. The van der Waals surface area contributed by atoms with Crippen molar-refractivity contribution in [2.45, 2.75) is 20.4 Å². The number of ether oxygens (including phenoxy) is 1. The van der Waals surface area contributed by atoms with Gasteiger partial charge in [-0.05, 0) is 32.0 Å². The average molecular weight is 337 g/mol. The molecule has 0 spiro atoms. The molecule has 0 saturated heterocycles. The number of hydrogen-bond acceptors (Lipinski definition) is 5. The molecule has 0 unspecified atom stereocenters. The van der Waals surface area contributed by atoms with Gasteiger partial charge in [-0.15, -0.1) is 0 Å². The van der Waals surface area contributed by atoms with Crippen LogP contribution in [-0.2, 0) is 6.54 Å². The number of rotatable bonds is 5. The fourth-order valence-electron chi connectivity index (χ4n) is 2.43. The zero-order valence-electron chi connectivity index (χ0n) is 14.4. The van der Waals surface area contributed by atoms with E-state index in [0.717, 1.165) is 17.0 Å². The minimum atomic E-state index is -0.126. The number of pyridine rings is 1. The van der Waals surface area contributed by atoms with Gasteiger partial charge in [0.15, 0.2) is 0 Å². The predicted molar refractivity (Wildman–Crippen MR) is 92.5 cm³/mol. The number of carbonyl (C=O) groups excluding carboxylic acids is 1. The van der Waals surface area contributed by atoms with Crippen molar-refractivity contribution in [1.82, 2.24) is 15.0 Å². The van der Waals surface area contributed by atoms with Gasteiger partial charge in [0, 0.05) is 24.9 Å². The molecule has 2 heterocycles. The van der Waals surface area contributed by atoms with E-state index in [0.29, 0.717) is 23.7 Å². The molecule has 0 aliphatic heterocycles. The molecule has 6 heteroatoms. The molecule has 0 aliphatic carbocycles. The lowest BCUT2D eigenvalue weighted by atomic mass is 10.2. The highest BCUT2D eigenvalue weighted by Gasteiger charge is 2.17. The summed E-state index contributed by atoms with van der Waals surface area (Å²) in [7, 11) is 1.74. The maximum Gasteiger partial charge on any atom is 0.255 e. The summed E-state index contributed by atoms with van der Waals surface area (Å²) in [5, 5.41) is 3.91. The molecule has 0 N–H and O–H groups in total. The summed E-state index contributed by atoms with van der Waals surface area (Å²) in [6.45, 7) is 4.13. The number of carbonyl (C=O) groups is 1. The van der Waals surface area contributed by atoms with E-state index in [1.165, 1.54) is 6.20 Å². The molecule has 1 aromatic carbocycles. The number of benzene rings is 1. The molecule has 0 aliphatic rings. The summed E-state index contributed by atoms with van der Waals surface area (Å²) in [6.07, 6.45) is 1.52. The molecule has 0 atom stereocenters. The van der Waals surface area contributed by atoms with Crippen molar-refractivity contribution in [1.29, 1.82) is 0 Å². The number of nitrogens with zero attached hydrogens (tertiary/aromatic N) is 3. The molecule has 0 saturated carbocycles.